The predicted molar refractivity (Wildman–Crippen MR) is 74.4 cm³/mol. The maximum atomic E-state index is 6.20. The van der Waals surface area contributed by atoms with Crippen molar-refractivity contribution in [3.05, 3.63) is 59.7 Å². The summed E-state index contributed by atoms with van der Waals surface area (Å²) in [6.07, 6.45) is 10.6. The van der Waals surface area contributed by atoms with Crippen molar-refractivity contribution in [3.8, 4) is 0 Å². The van der Waals surface area contributed by atoms with E-state index in [1.807, 2.05) is 0 Å². The molecular weight excluding hydrogens is 220 g/mol. The molecule has 0 saturated heterocycles. The van der Waals surface area contributed by atoms with Gasteiger partial charge in [0.05, 0.1) is 12.2 Å². The number of ether oxygens (including phenoxy) is 1. The first-order valence-electron chi connectivity index (χ1n) is 6.84. The number of benzene rings is 1. The van der Waals surface area contributed by atoms with Gasteiger partial charge in [-0.15, -0.1) is 0 Å². The van der Waals surface area contributed by atoms with E-state index in [0.717, 1.165) is 6.42 Å². The highest BCUT2D eigenvalue weighted by Gasteiger charge is 2.35. The van der Waals surface area contributed by atoms with Crippen molar-refractivity contribution in [1.29, 1.82) is 0 Å². The van der Waals surface area contributed by atoms with Crippen LogP contribution in [0.1, 0.15) is 31.1 Å². The summed E-state index contributed by atoms with van der Waals surface area (Å²) in [5.41, 5.74) is 2.83. The summed E-state index contributed by atoms with van der Waals surface area (Å²) in [4.78, 5) is 0. The van der Waals surface area contributed by atoms with Gasteiger partial charge in [0.25, 0.3) is 0 Å². The number of fused-ring (bicyclic) bond motifs is 2. The van der Waals surface area contributed by atoms with E-state index >= 15 is 0 Å². The molecule has 0 aliphatic heterocycles. The molecule has 2 aliphatic carbocycles. The SMILES string of the molecule is CC(C)OC1c2ccccc2CC2C=CC=CC21. The summed E-state index contributed by atoms with van der Waals surface area (Å²) in [7, 11) is 0. The van der Waals surface area contributed by atoms with Crippen LogP contribution < -0.4 is 0 Å². The lowest BCUT2D eigenvalue weighted by Gasteiger charge is -2.38. The van der Waals surface area contributed by atoms with Gasteiger partial charge in [0.1, 0.15) is 0 Å². The lowest BCUT2D eigenvalue weighted by molar-refractivity contribution is -0.0320. The van der Waals surface area contributed by atoms with Gasteiger partial charge in [-0.2, -0.15) is 0 Å². The van der Waals surface area contributed by atoms with Crippen LogP contribution in [0.15, 0.2) is 48.6 Å². The molecule has 3 atom stereocenters. The summed E-state index contributed by atoms with van der Waals surface area (Å²) in [6, 6.07) is 8.73. The number of rotatable bonds is 2. The minimum absolute atomic E-state index is 0.209. The molecule has 0 saturated carbocycles. The fraction of sp³-hybridized carbons (Fsp3) is 0.412. The van der Waals surface area contributed by atoms with Crippen LogP contribution in [0.3, 0.4) is 0 Å². The van der Waals surface area contributed by atoms with Crippen LogP contribution in [-0.2, 0) is 11.2 Å². The van der Waals surface area contributed by atoms with Crippen LogP contribution >= 0.6 is 0 Å². The fourth-order valence-electron chi connectivity index (χ4n) is 3.12. The van der Waals surface area contributed by atoms with E-state index in [2.05, 4.69) is 62.4 Å². The molecule has 0 amide bonds. The van der Waals surface area contributed by atoms with Gasteiger partial charge < -0.3 is 4.74 Å². The monoisotopic (exact) mass is 240 g/mol. The summed E-state index contributed by atoms with van der Waals surface area (Å²) < 4.78 is 6.20. The zero-order valence-electron chi connectivity index (χ0n) is 11.0. The third-order valence-corrected chi connectivity index (χ3v) is 3.88. The van der Waals surface area contributed by atoms with Crippen LogP contribution in [0.5, 0.6) is 0 Å². The molecule has 2 aliphatic rings. The molecule has 1 nitrogen and oxygen atoms in total. The van der Waals surface area contributed by atoms with Gasteiger partial charge in [-0.05, 0) is 37.3 Å². The molecule has 1 aromatic carbocycles. The first kappa shape index (κ1) is 11.7. The topological polar surface area (TPSA) is 9.23 Å². The summed E-state index contributed by atoms with van der Waals surface area (Å²) >= 11 is 0. The Kier molecular flexibility index (Phi) is 3.09. The highest BCUT2D eigenvalue weighted by molar-refractivity contribution is 5.36. The van der Waals surface area contributed by atoms with E-state index < -0.39 is 0 Å². The number of hydrogen-bond donors (Lipinski definition) is 0. The van der Waals surface area contributed by atoms with E-state index in [4.69, 9.17) is 4.74 Å². The van der Waals surface area contributed by atoms with Gasteiger partial charge in [0, 0.05) is 5.92 Å². The standard InChI is InChI=1S/C17H20O/c1-12(2)18-17-15-9-5-3-7-13(15)11-14-8-4-6-10-16(14)17/h3-10,12-13,15,17H,11H2,1-2H3. The molecule has 0 N–H and O–H groups in total. The third kappa shape index (κ3) is 2.04. The van der Waals surface area contributed by atoms with Gasteiger partial charge in [0.15, 0.2) is 0 Å². The average Bonchev–Trinajstić information content (AvgIpc) is 2.38. The van der Waals surface area contributed by atoms with Crippen molar-refractivity contribution in [2.75, 3.05) is 0 Å². The molecule has 94 valence electrons. The minimum Gasteiger partial charge on any atom is -0.370 e. The fourth-order valence-corrected chi connectivity index (χ4v) is 3.12. The Bertz CT molecular complexity index is 484. The van der Waals surface area contributed by atoms with E-state index in [9.17, 15) is 0 Å². The van der Waals surface area contributed by atoms with Gasteiger partial charge in [0.2, 0.25) is 0 Å². The highest BCUT2D eigenvalue weighted by atomic mass is 16.5. The molecule has 0 heterocycles. The summed E-state index contributed by atoms with van der Waals surface area (Å²) in [6.45, 7) is 4.24. The van der Waals surface area contributed by atoms with Crippen molar-refractivity contribution in [2.24, 2.45) is 11.8 Å². The molecule has 0 fully saturated rings. The Morgan fingerprint density at radius 2 is 1.89 bits per heavy atom. The molecule has 3 unspecified atom stereocenters. The molecule has 0 spiro atoms. The molecule has 3 rings (SSSR count). The van der Waals surface area contributed by atoms with E-state index in [1.165, 1.54) is 11.1 Å². The van der Waals surface area contributed by atoms with Crippen LogP contribution in [0.4, 0.5) is 0 Å². The van der Waals surface area contributed by atoms with Crippen LogP contribution in [-0.4, -0.2) is 6.10 Å². The van der Waals surface area contributed by atoms with Gasteiger partial charge in [-0.3, -0.25) is 0 Å². The van der Waals surface area contributed by atoms with Crippen molar-refractivity contribution >= 4 is 0 Å². The molecular formula is C17H20O. The van der Waals surface area contributed by atoms with Crippen LogP contribution in [0.2, 0.25) is 0 Å². The quantitative estimate of drug-likeness (QED) is 0.757. The van der Waals surface area contributed by atoms with Gasteiger partial charge >= 0.3 is 0 Å². The highest BCUT2D eigenvalue weighted by Crippen LogP contribution is 2.43. The summed E-state index contributed by atoms with van der Waals surface area (Å²) in [5, 5.41) is 0. The Balaban J connectivity index is 2.01. The van der Waals surface area contributed by atoms with Crippen LogP contribution in [0, 0.1) is 11.8 Å². The van der Waals surface area contributed by atoms with E-state index in [0.29, 0.717) is 11.8 Å². The largest absolute Gasteiger partial charge is 0.370 e. The zero-order valence-corrected chi connectivity index (χ0v) is 11.0. The minimum atomic E-state index is 0.209. The lowest BCUT2D eigenvalue weighted by atomic mass is 9.72. The zero-order chi connectivity index (χ0) is 12.5. The predicted octanol–water partition coefficient (Wildman–Crippen LogP) is 4.07. The Labute approximate surface area is 109 Å². The normalized spacial score (nSPS) is 29.2. The van der Waals surface area contributed by atoms with Gasteiger partial charge in [-0.25, -0.2) is 0 Å². The lowest BCUT2D eigenvalue weighted by Crippen LogP contribution is -2.31. The number of allylic oxidation sites excluding steroid dienone is 3. The van der Waals surface area contributed by atoms with Crippen molar-refractivity contribution in [3.63, 3.8) is 0 Å². The summed E-state index contributed by atoms with van der Waals surface area (Å²) in [5.74, 6) is 1.08. The molecule has 0 bridgehead atoms. The van der Waals surface area contributed by atoms with E-state index in [-0.39, 0.29) is 12.2 Å². The number of hydrogen-bond acceptors (Lipinski definition) is 1. The van der Waals surface area contributed by atoms with Crippen molar-refractivity contribution < 1.29 is 4.74 Å². The Morgan fingerprint density at radius 3 is 2.72 bits per heavy atom. The third-order valence-electron chi connectivity index (χ3n) is 3.88. The average molecular weight is 240 g/mol. The van der Waals surface area contributed by atoms with Crippen LogP contribution in [0.25, 0.3) is 0 Å². The Hall–Kier alpha value is -1.34. The molecule has 0 radical (unpaired) electrons. The smallest absolute Gasteiger partial charge is 0.0899 e. The maximum absolute atomic E-state index is 6.20. The first-order valence-corrected chi connectivity index (χ1v) is 6.84. The Morgan fingerprint density at radius 1 is 1.11 bits per heavy atom. The second kappa shape index (κ2) is 4.74. The van der Waals surface area contributed by atoms with Crippen molar-refractivity contribution in [2.45, 2.75) is 32.5 Å². The molecule has 1 heteroatoms. The second-order valence-electron chi connectivity index (χ2n) is 5.52. The van der Waals surface area contributed by atoms with E-state index in [1.54, 1.807) is 0 Å². The van der Waals surface area contributed by atoms with Gasteiger partial charge in [-0.1, -0.05) is 48.6 Å². The first-order chi connectivity index (χ1) is 8.75. The molecule has 1 aromatic rings. The maximum Gasteiger partial charge on any atom is 0.0899 e. The van der Waals surface area contributed by atoms with Crippen molar-refractivity contribution in [1.82, 2.24) is 0 Å². The second-order valence-corrected chi connectivity index (χ2v) is 5.52. The molecule has 18 heavy (non-hydrogen) atoms. The molecule has 0 aromatic heterocycles.